The summed E-state index contributed by atoms with van der Waals surface area (Å²) in [6.07, 6.45) is 2.14. The Kier molecular flexibility index (Phi) is 7.74. The highest BCUT2D eigenvalue weighted by molar-refractivity contribution is 6.06. The lowest BCUT2D eigenvalue weighted by Crippen LogP contribution is -2.69. The van der Waals surface area contributed by atoms with E-state index in [-0.39, 0.29) is 28.6 Å². The summed E-state index contributed by atoms with van der Waals surface area (Å²) in [6, 6.07) is 6.04. The third-order valence-electron chi connectivity index (χ3n) is 11.7. The number of carbonyl (C=O) groups is 1. The number of morpholine rings is 1. The SMILES string of the molecule is C=CC(=O)N1CC2(CCN(c3nc(N4CCOC5(CN(C)C5)C4)nc4c(OCC(F)(F)F)c(-c5c(C)ccc6[nH]ncc56)c(C5CC5)cc34)CC2)C1. The lowest BCUT2D eigenvalue weighted by atomic mass is 9.72. The molecule has 11 nitrogen and oxygen atoms in total. The molecule has 1 N–H and O–H groups in total. The number of hydrogen-bond acceptors (Lipinski definition) is 9. The minimum atomic E-state index is -4.56. The number of ether oxygens (including phenoxy) is 2. The number of hydrogen-bond donors (Lipinski definition) is 1. The maximum atomic E-state index is 14.1. The quantitative estimate of drug-likeness (QED) is 0.251. The van der Waals surface area contributed by atoms with Crippen LogP contribution in [0.5, 0.6) is 5.75 Å². The molecule has 5 fully saturated rings. The molecule has 0 unspecified atom stereocenters. The first-order chi connectivity index (χ1) is 24.9. The van der Waals surface area contributed by atoms with Gasteiger partial charge in [-0.25, -0.2) is 4.98 Å². The average molecular weight is 717 g/mol. The van der Waals surface area contributed by atoms with Gasteiger partial charge in [0.15, 0.2) is 12.4 Å². The number of rotatable bonds is 7. The Bertz CT molecular complexity index is 2070. The lowest BCUT2D eigenvalue weighted by molar-refractivity contribution is -0.153. The smallest absolute Gasteiger partial charge is 0.422 e. The van der Waals surface area contributed by atoms with Gasteiger partial charge in [-0.05, 0) is 80.5 Å². The topological polar surface area (TPSA) is 103 Å². The van der Waals surface area contributed by atoms with Gasteiger partial charge in [-0.2, -0.15) is 23.3 Å². The van der Waals surface area contributed by atoms with Crippen LogP contribution in [0.25, 0.3) is 32.9 Å². The molecule has 4 saturated heterocycles. The summed E-state index contributed by atoms with van der Waals surface area (Å²) in [5.74, 6) is 1.44. The predicted octanol–water partition coefficient (Wildman–Crippen LogP) is 5.44. The molecule has 4 aromatic rings. The second kappa shape index (κ2) is 12.1. The van der Waals surface area contributed by atoms with Crippen LogP contribution in [0.2, 0.25) is 0 Å². The van der Waals surface area contributed by atoms with E-state index < -0.39 is 12.8 Å². The molecule has 14 heteroatoms. The molecular weight excluding hydrogens is 673 g/mol. The maximum absolute atomic E-state index is 14.1. The molecule has 1 aliphatic carbocycles. The molecule has 0 radical (unpaired) electrons. The predicted molar refractivity (Wildman–Crippen MR) is 192 cm³/mol. The fraction of sp³-hybridized carbons (Fsp3) is 0.526. The Morgan fingerprint density at radius 2 is 1.83 bits per heavy atom. The minimum Gasteiger partial charge on any atom is -0.481 e. The first kappa shape index (κ1) is 33.4. The zero-order chi connectivity index (χ0) is 36.0. The lowest BCUT2D eigenvalue weighted by Gasteiger charge is -2.54. The first-order valence-corrected chi connectivity index (χ1v) is 18.2. The Hall–Kier alpha value is -4.43. The number of likely N-dealkylation sites (tertiary alicyclic amines) is 2. The molecule has 2 spiro atoms. The van der Waals surface area contributed by atoms with Crippen molar-refractivity contribution in [3.63, 3.8) is 0 Å². The highest BCUT2D eigenvalue weighted by atomic mass is 19.4. The van der Waals surface area contributed by atoms with Crippen molar-refractivity contribution in [2.75, 3.05) is 82.4 Å². The van der Waals surface area contributed by atoms with Gasteiger partial charge in [-0.3, -0.25) is 9.89 Å². The van der Waals surface area contributed by atoms with Gasteiger partial charge in [-0.15, -0.1) is 0 Å². The second-order valence-electron chi connectivity index (χ2n) is 15.7. The van der Waals surface area contributed by atoms with Crippen LogP contribution in [0.3, 0.4) is 0 Å². The van der Waals surface area contributed by atoms with Crippen molar-refractivity contribution in [3.8, 4) is 16.9 Å². The Morgan fingerprint density at radius 3 is 2.52 bits per heavy atom. The summed E-state index contributed by atoms with van der Waals surface area (Å²) in [5.41, 5.74) is 4.20. The van der Waals surface area contributed by atoms with E-state index in [0.717, 1.165) is 66.4 Å². The fourth-order valence-corrected chi connectivity index (χ4v) is 9.04. The van der Waals surface area contributed by atoms with Gasteiger partial charge in [0, 0.05) is 67.6 Å². The van der Waals surface area contributed by atoms with Crippen molar-refractivity contribution in [3.05, 3.63) is 48.2 Å². The van der Waals surface area contributed by atoms with Crippen LogP contribution in [0.1, 0.15) is 42.7 Å². The number of fused-ring (bicyclic) bond motifs is 2. The Balaban J connectivity index is 1.22. The van der Waals surface area contributed by atoms with E-state index in [0.29, 0.717) is 74.1 Å². The van der Waals surface area contributed by atoms with E-state index >= 15 is 0 Å². The van der Waals surface area contributed by atoms with Gasteiger partial charge >= 0.3 is 6.18 Å². The number of amides is 1. The zero-order valence-electron chi connectivity index (χ0n) is 29.6. The number of anilines is 2. The van der Waals surface area contributed by atoms with Crippen molar-refractivity contribution in [2.24, 2.45) is 5.41 Å². The van der Waals surface area contributed by atoms with Crippen LogP contribution < -0.4 is 14.5 Å². The highest BCUT2D eigenvalue weighted by Gasteiger charge is 2.48. The van der Waals surface area contributed by atoms with Crippen molar-refractivity contribution in [2.45, 2.75) is 50.3 Å². The van der Waals surface area contributed by atoms with Gasteiger partial charge in [0.1, 0.15) is 16.9 Å². The normalized spacial score (nSPS) is 21.5. The number of aryl methyl sites for hydroxylation is 1. The van der Waals surface area contributed by atoms with Gasteiger partial charge < -0.3 is 29.1 Å². The molecule has 274 valence electrons. The molecule has 6 heterocycles. The molecule has 0 atom stereocenters. The van der Waals surface area contributed by atoms with E-state index in [1.54, 1.807) is 6.20 Å². The van der Waals surface area contributed by atoms with E-state index in [1.165, 1.54) is 6.08 Å². The number of carbonyl (C=O) groups excluding carboxylic acids is 1. The second-order valence-corrected chi connectivity index (χ2v) is 15.7. The number of halogens is 3. The third kappa shape index (κ3) is 5.74. The van der Waals surface area contributed by atoms with Crippen molar-refractivity contribution < 1.29 is 27.4 Å². The third-order valence-corrected chi connectivity index (χ3v) is 11.7. The van der Waals surface area contributed by atoms with Crippen LogP contribution in [0, 0.1) is 12.3 Å². The van der Waals surface area contributed by atoms with Crippen LogP contribution in [0.15, 0.2) is 37.1 Å². The van der Waals surface area contributed by atoms with Gasteiger partial charge in [0.05, 0.1) is 24.9 Å². The number of alkyl halides is 3. The maximum Gasteiger partial charge on any atom is 0.422 e. The van der Waals surface area contributed by atoms with Crippen LogP contribution in [0.4, 0.5) is 24.9 Å². The van der Waals surface area contributed by atoms with Gasteiger partial charge in [0.25, 0.3) is 0 Å². The highest BCUT2D eigenvalue weighted by Crippen LogP contribution is 2.53. The van der Waals surface area contributed by atoms with E-state index in [9.17, 15) is 18.0 Å². The summed E-state index contributed by atoms with van der Waals surface area (Å²) < 4.78 is 54.6. The Labute approximate surface area is 299 Å². The van der Waals surface area contributed by atoms with Crippen molar-refractivity contribution >= 4 is 39.5 Å². The largest absolute Gasteiger partial charge is 0.481 e. The molecule has 0 bridgehead atoms. The van der Waals surface area contributed by atoms with Gasteiger partial charge in [-0.1, -0.05) is 12.6 Å². The number of aromatic nitrogens is 4. The molecular formula is C38H43F3N8O3. The number of benzene rings is 2. The monoisotopic (exact) mass is 716 g/mol. The van der Waals surface area contributed by atoms with E-state index in [1.807, 2.05) is 24.0 Å². The summed E-state index contributed by atoms with van der Waals surface area (Å²) in [6.45, 7) is 10.2. The van der Waals surface area contributed by atoms with Crippen LogP contribution >= 0.6 is 0 Å². The molecule has 52 heavy (non-hydrogen) atoms. The number of likely N-dealkylation sites (N-methyl/N-ethyl adjacent to an activating group) is 1. The molecule has 5 aliphatic rings. The summed E-state index contributed by atoms with van der Waals surface area (Å²) in [7, 11) is 2.06. The summed E-state index contributed by atoms with van der Waals surface area (Å²) in [4.78, 5) is 31.1. The molecule has 9 rings (SSSR count). The number of H-pyrrole nitrogens is 1. The molecule has 1 saturated carbocycles. The number of nitrogens with zero attached hydrogens (tertiary/aromatic N) is 7. The fourth-order valence-electron chi connectivity index (χ4n) is 9.04. The minimum absolute atomic E-state index is 0.0435. The standard InChI is InChI=1S/C38H43F3N8O3/c1-4-29(50)49-17-36(18-49)9-11-47(12-10-36)34-26-15-25(24-6-7-24)31(30-23(2)5-8-28-27(30)16-42-45-28)33(51-22-38(39,40)41)32(26)43-35(44-34)48-13-14-52-37(21-48)19-46(3)20-37/h4-5,8,15-16,24H,1,6-7,9-14,17-22H2,2-3H3,(H,42,45). The van der Waals surface area contributed by atoms with Crippen molar-refractivity contribution in [1.29, 1.82) is 0 Å². The number of nitrogens with one attached hydrogen (secondary N) is 1. The van der Waals surface area contributed by atoms with Crippen molar-refractivity contribution in [1.82, 2.24) is 30.0 Å². The van der Waals surface area contributed by atoms with E-state index in [4.69, 9.17) is 19.4 Å². The summed E-state index contributed by atoms with van der Waals surface area (Å²) >= 11 is 0. The summed E-state index contributed by atoms with van der Waals surface area (Å²) in [5, 5.41) is 8.85. The molecule has 2 aromatic heterocycles. The first-order valence-electron chi connectivity index (χ1n) is 18.2. The molecule has 4 aliphatic heterocycles. The average Bonchev–Trinajstić information content (AvgIpc) is 3.84. The Morgan fingerprint density at radius 1 is 1.06 bits per heavy atom. The van der Waals surface area contributed by atoms with Crippen LogP contribution in [-0.4, -0.2) is 120 Å². The van der Waals surface area contributed by atoms with E-state index in [2.05, 4.69) is 44.6 Å². The molecule has 2 aromatic carbocycles. The van der Waals surface area contributed by atoms with Crippen LogP contribution in [-0.2, 0) is 9.53 Å². The number of aromatic amines is 1. The zero-order valence-corrected chi connectivity index (χ0v) is 29.6. The number of piperidine rings is 1. The van der Waals surface area contributed by atoms with Gasteiger partial charge in [0.2, 0.25) is 11.9 Å². The molecule has 1 amide bonds.